The van der Waals surface area contributed by atoms with E-state index in [4.69, 9.17) is 0 Å². The second-order valence-electron chi connectivity index (χ2n) is 1.62. The van der Waals surface area contributed by atoms with Crippen LogP contribution in [0.15, 0.2) is 17.6 Å². The molecule has 0 saturated carbocycles. The van der Waals surface area contributed by atoms with Crippen molar-refractivity contribution in [3.63, 3.8) is 0 Å². The van der Waals surface area contributed by atoms with Crippen molar-refractivity contribution in [1.29, 1.82) is 0 Å². The van der Waals surface area contributed by atoms with Crippen molar-refractivity contribution in [3.8, 4) is 0 Å². The minimum atomic E-state index is 0.877. The second kappa shape index (κ2) is 1.73. The molecule has 0 radical (unpaired) electrons. The molecule has 0 fully saturated rings. The van der Waals surface area contributed by atoms with Crippen LogP contribution in [0.25, 0.3) is 11.0 Å². The minimum absolute atomic E-state index is 0.877. The van der Waals surface area contributed by atoms with Gasteiger partial charge in [-0.2, -0.15) is 9.47 Å². The Bertz CT molecular complexity index is 286. The van der Waals surface area contributed by atoms with Crippen LogP contribution in [0.2, 0.25) is 0 Å². The van der Waals surface area contributed by atoms with Crippen molar-refractivity contribution in [2.24, 2.45) is 0 Å². The molecule has 2 aromatic rings. The van der Waals surface area contributed by atoms with Gasteiger partial charge in [-0.3, -0.25) is 0 Å². The largest absolute Gasteiger partial charge is 0.191 e. The topological polar surface area (TPSA) is 38.7 Å². The van der Waals surface area contributed by atoms with Crippen molar-refractivity contribution in [2.45, 2.75) is 0 Å². The molecular formula is C5H3N3S. The Morgan fingerprint density at radius 2 is 2.33 bits per heavy atom. The van der Waals surface area contributed by atoms with E-state index in [0.29, 0.717) is 0 Å². The molecule has 0 aliphatic heterocycles. The summed E-state index contributed by atoms with van der Waals surface area (Å²) < 4.78 is 4.06. The molecule has 9 heavy (non-hydrogen) atoms. The zero-order chi connectivity index (χ0) is 6.10. The van der Waals surface area contributed by atoms with Crippen molar-refractivity contribution >= 4 is 22.6 Å². The molecule has 0 saturated heterocycles. The van der Waals surface area contributed by atoms with Gasteiger partial charge in [0.1, 0.15) is 11.0 Å². The molecule has 2 rings (SSSR count). The number of hydrogen-bond acceptors (Lipinski definition) is 4. The van der Waals surface area contributed by atoms with Gasteiger partial charge in [0.05, 0.1) is 6.20 Å². The fourth-order valence-corrected chi connectivity index (χ4v) is 1.22. The Hall–Kier alpha value is -1.03. The average Bonchev–Trinajstić information content (AvgIpc) is 2.33. The lowest BCUT2D eigenvalue weighted by Crippen LogP contribution is -1.76. The van der Waals surface area contributed by atoms with E-state index in [1.807, 2.05) is 11.4 Å². The van der Waals surface area contributed by atoms with E-state index < -0.39 is 0 Å². The van der Waals surface area contributed by atoms with E-state index >= 15 is 0 Å². The molecule has 2 heterocycles. The highest BCUT2D eigenvalue weighted by atomic mass is 32.1. The number of fused-ring (bicyclic) bond motifs is 1. The minimum Gasteiger partial charge on any atom is -0.191 e. The summed E-state index contributed by atoms with van der Waals surface area (Å²) in [5.74, 6) is 0. The first kappa shape index (κ1) is 4.81. The first-order chi connectivity index (χ1) is 4.47. The Morgan fingerprint density at radius 1 is 1.33 bits per heavy atom. The number of aromatic nitrogens is 3. The molecule has 0 amide bonds. The van der Waals surface area contributed by atoms with Gasteiger partial charge in [0.25, 0.3) is 0 Å². The fourth-order valence-electron chi connectivity index (χ4n) is 0.630. The van der Waals surface area contributed by atoms with Crippen LogP contribution in [0.1, 0.15) is 0 Å². The third-order valence-corrected chi connectivity index (χ3v) is 1.67. The predicted molar refractivity (Wildman–Crippen MR) is 35.2 cm³/mol. The zero-order valence-corrected chi connectivity index (χ0v) is 5.30. The van der Waals surface area contributed by atoms with Crippen LogP contribution in [0.5, 0.6) is 0 Å². The van der Waals surface area contributed by atoms with Gasteiger partial charge in [-0.1, -0.05) is 0 Å². The normalized spacial score (nSPS) is 10.2. The van der Waals surface area contributed by atoms with Crippen LogP contribution in [0.4, 0.5) is 0 Å². The van der Waals surface area contributed by atoms with Crippen LogP contribution < -0.4 is 0 Å². The highest BCUT2D eigenvalue weighted by Crippen LogP contribution is 2.08. The molecule has 0 spiro atoms. The maximum Gasteiger partial charge on any atom is 0.124 e. The monoisotopic (exact) mass is 137 g/mol. The van der Waals surface area contributed by atoms with Crippen molar-refractivity contribution in [2.75, 3.05) is 0 Å². The van der Waals surface area contributed by atoms with Gasteiger partial charge in [-0.25, -0.2) is 0 Å². The number of rotatable bonds is 0. The summed E-state index contributed by atoms with van der Waals surface area (Å²) >= 11 is 1.40. The SMILES string of the molecule is c1cc2nscc2nn1. The first-order valence-corrected chi connectivity index (χ1v) is 3.32. The lowest BCUT2D eigenvalue weighted by Gasteiger charge is -1.78. The van der Waals surface area contributed by atoms with Gasteiger partial charge in [-0.05, 0) is 17.6 Å². The lowest BCUT2D eigenvalue weighted by molar-refractivity contribution is 1.08. The van der Waals surface area contributed by atoms with Gasteiger partial charge < -0.3 is 0 Å². The van der Waals surface area contributed by atoms with Crippen LogP contribution in [-0.2, 0) is 0 Å². The summed E-state index contributed by atoms with van der Waals surface area (Å²) in [6, 6.07) is 1.85. The molecular weight excluding hydrogens is 134 g/mol. The van der Waals surface area contributed by atoms with E-state index in [9.17, 15) is 0 Å². The molecule has 0 aromatic carbocycles. The van der Waals surface area contributed by atoms with Crippen LogP contribution in [-0.4, -0.2) is 14.6 Å². The molecule has 0 aliphatic rings. The summed E-state index contributed by atoms with van der Waals surface area (Å²) in [6.07, 6.45) is 1.64. The van der Waals surface area contributed by atoms with E-state index in [1.54, 1.807) is 6.20 Å². The Labute approximate surface area is 55.5 Å². The maximum atomic E-state index is 4.06. The van der Waals surface area contributed by atoms with E-state index in [-0.39, 0.29) is 0 Å². The lowest BCUT2D eigenvalue weighted by atomic mass is 10.5. The quantitative estimate of drug-likeness (QED) is 0.545. The molecule has 0 N–H and O–H groups in total. The van der Waals surface area contributed by atoms with Gasteiger partial charge >= 0.3 is 0 Å². The van der Waals surface area contributed by atoms with Crippen molar-refractivity contribution in [3.05, 3.63) is 17.6 Å². The second-order valence-corrected chi connectivity index (χ2v) is 2.25. The van der Waals surface area contributed by atoms with Crippen LogP contribution in [0.3, 0.4) is 0 Å². The molecule has 0 bridgehead atoms. The van der Waals surface area contributed by atoms with Crippen molar-refractivity contribution < 1.29 is 0 Å². The van der Waals surface area contributed by atoms with Crippen molar-refractivity contribution in [1.82, 2.24) is 14.6 Å². The summed E-state index contributed by atoms with van der Waals surface area (Å²) in [5.41, 5.74) is 1.80. The molecule has 0 aliphatic carbocycles. The number of nitrogens with zero attached hydrogens (tertiary/aromatic N) is 3. The standard InChI is InChI=1S/C5H3N3S/c1-2-6-7-5-3-9-8-4(1)5/h1-3H. The first-order valence-electron chi connectivity index (χ1n) is 2.48. The van der Waals surface area contributed by atoms with E-state index in [0.717, 1.165) is 11.0 Å². The number of hydrogen-bond donors (Lipinski definition) is 0. The maximum absolute atomic E-state index is 4.06. The Morgan fingerprint density at radius 3 is 3.22 bits per heavy atom. The average molecular weight is 137 g/mol. The summed E-state index contributed by atoms with van der Waals surface area (Å²) in [7, 11) is 0. The van der Waals surface area contributed by atoms with Gasteiger partial charge in [0, 0.05) is 5.38 Å². The third-order valence-electron chi connectivity index (χ3n) is 1.04. The fraction of sp³-hybridized carbons (Fsp3) is 0. The zero-order valence-electron chi connectivity index (χ0n) is 4.48. The van der Waals surface area contributed by atoms with Gasteiger partial charge in [0.2, 0.25) is 0 Å². The van der Waals surface area contributed by atoms with E-state index in [1.165, 1.54) is 11.5 Å². The molecule has 0 atom stereocenters. The van der Waals surface area contributed by atoms with E-state index in [2.05, 4.69) is 14.6 Å². The van der Waals surface area contributed by atoms with Crippen LogP contribution in [0, 0.1) is 0 Å². The summed E-state index contributed by atoms with van der Waals surface area (Å²) in [5, 5.41) is 9.42. The Kier molecular flexibility index (Phi) is 0.927. The molecule has 3 nitrogen and oxygen atoms in total. The van der Waals surface area contributed by atoms with Crippen LogP contribution >= 0.6 is 11.5 Å². The Balaban J connectivity index is 2.95. The molecule has 4 heteroatoms. The van der Waals surface area contributed by atoms with Gasteiger partial charge in [-0.15, -0.1) is 5.10 Å². The highest BCUT2D eigenvalue weighted by Gasteiger charge is 1.92. The highest BCUT2D eigenvalue weighted by molar-refractivity contribution is 7.04. The smallest absolute Gasteiger partial charge is 0.124 e. The summed E-state index contributed by atoms with van der Waals surface area (Å²) in [6.45, 7) is 0. The third kappa shape index (κ3) is 0.675. The molecule has 44 valence electrons. The predicted octanol–water partition coefficient (Wildman–Crippen LogP) is 1.09. The molecule has 0 unspecified atom stereocenters. The molecule has 2 aromatic heterocycles. The van der Waals surface area contributed by atoms with Gasteiger partial charge in [0.15, 0.2) is 0 Å². The summed E-state index contributed by atoms with van der Waals surface area (Å²) in [4.78, 5) is 0.